The second kappa shape index (κ2) is 50.9. The Kier molecular flexibility index (Phi) is 85.2. The molecule has 0 saturated carbocycles. The first-order valence-corrected chi connectivity index (χ1v) is 6.26. The van der Waals surface area contributed by atoms with Crippen molar-refractivity contribution in [2.24, 2.45) is 5.41 Å². The van der Waals surface area contributed by atoms with E-state index in [1.165, 1.54) is 34.6 Å². The monoisotopic (exact) mass is 322 g/mol. The molecule has 0 aliphatic heterocycles. The van der Waals surface area contributed by atoms with Gasteiger partial charge in [-0.25, -0.2) is 0 Å². The summed E-state index contributed by atoms with van der Waals surface area (Å²) < 4.78 is 0. The van der Waals surface area contributed by atoms with E-state index in [-0.39, 0.29) is 6.61 Å². The van der Waals surface area contributed by atoms with Crippen LogP contribution in [-0.2, 0) is 28.8 Å². The number of carbonyl (C=O) groups excluding carboxylic acids is 6. The highest BCUT2D eigenvalue weighted by Crippen LogP contribution is 2.06. The molecule has 0 aromatic heterocycles. The first-order valence-electron chi connectivity index (χ1n) is 6.26. The van der Waals surface area contributed by atoms with Crippen LogP contribution in [0.15, 0.2) is 0 Å². The van der Waals surface area contributed by atoms with E-state index >= 15 is 0 Å². The molecule has 0 spiro atoms. The number of aliphatic hydroxyl groups is 1. The Morgan fingerprint density at radius 2 is 0.773 bits per heavy atom. The summed E-state index contributed by atoms with van der Waals surface area (Å²) in [6.07, 6.45) is 4.49. The fraction of sp³-hybridized carbons (Fsp3) is 0.600. The Morgan fingerprint density at radius 1 is 0.636 bits per heavy atom. The van der Waals surface area contributed by atoms with E-state index in [9.17, 15) is 4.79 Å². The molecule has 0 saturated heterocycles. The van der Waals surface area contributed by atoms with Crippen molar-refractivity contribution in [3.8, 4) is 0 Å². The lowest BCUT2D eigenvalue weighted by Crippen LogP contribution is -2.17. The molecule has 0 aromatic carbocycles. The standard InChI is InChI=1S/C5H10O2.5C2H4O/c1-5(2,3-6)4-7;5*1-2-3/h3,7H,4H2,1-2H3;5*2H,1H3. The van der Waals surface area contributed by atoms with Gasteiger partial charge < -0.3 is 33.9 Å². The number of hydrogen-bond acceptors (Lipinski definition) is 7. The molecule has 1 N–H and O–H groups in total. The molecule has 0 amide bonds. The Hall–Kier alpha value is -2.02. The smallest absolute Gasteiger partial charge is 0.127 e. The lowest BCUT2D eigenvalue weighted by molar-refractivity contribution is -0.116. The molecule has 0 aromatic rings. The van der Waals surface area contributed by atoms with E-state index in [2.05, 4.69) is 0 Å². The van der Waals surface area contributed by atoms with Crippen molar-refractivity contribution in [3.63, 3.8) is 0 Å². The number of hydrogen-bond donors (Lipinski definition) is 1. The summed E-state index contributed by atoms with van der Waals surface area (Å²) in [5, 5.41) is 8.36. The van der Waals surface area contributed by atoms with Gasteiger partial charge in [-0.15, -0.1) is 0 Å². The van der Waals surface area contributed by atoms with Crippen LogP contribution in [0.25, 0.3) is 0 Å². The normalized spacial score (nSPS) is 6.55. The number of carbonyl (C=O) groups is 6. The maximum absolute atomic E-state index is 9.90. The summed E-state index contributed by atoms with van der Waals surface area (Å²) in [5.74, 6) is 0. The largest absolute Gasteiger partial charge is 0.395 e. The van der Waals surface area contributed by atoms with Crippen molar-refractivity contribution in [1.82, 2.24) is 0 Å². The van der Waals surface area contributed by atoms with Crippen molar-refractivity contribution >= 4 is 37.7 Å². The van der Waals surface area contributed by atoms with Crippen LogP contribution in [0, 0.1) is 5.41 Å². The van der Waals surface area contributed by atoms with Crippen molar-refractivity contribution in [2.45, 2.75) is 48.5 Å². The minimum Gasteiger partial charge on any atom is -0.395 e. The number of aliphatic hydroxyl groups excluding tert-OH is 1. The fourth-order valence-electron chi connectivity index (χ4n) is 0.0373. The summed E-state index contributed by atoms with van der Waals surface area (Å²) >= 11 is 0. The molecule has 22 heavy (non-hydrogen) atoms. The van der Waals surface area contributed by atoms with Crippen molar-refractivity contribution in [2.75, 3.05) is 6.61 Å². The van der Waals surface area contributed by atoms with Crippen molar-refractivity contribution in [3.05, 3.63) is 0 Å². The van der Waals surface area contributed by atoms with Crippen LogP contribution in [-0.4, -0.2) is 49.4 Å². The van der Waals surface area contributed by atoms with E-state index in [1.54, 1.807) is 13.8 Å². The molecule has 132 valence electrons. The van der Waals surface area contributed by atoms with Gasteiger partial charge in [0.2, 0.25) is 0 Å². The molecule has 0 heterocycles. The van der Waals surface area contributed by atoms with Crippen LogP contribution < -0.4 is 0 Å². The summed E-state index contributed by atoms with van der Waals surface area (Å²) in [7, 11) is 0. The van der Waals surface area contributed by atoms with Gasteiger partial charge in [-0.05, 0) is 34.6 Å². The molecule has 0 bridgehead atoms. The van der Waals surface area contributed by atoms with E-state index in [0.29, 0.717) is 0 Å². The van der Waals surface area contributed by atoms with Gasteiger partial charge in [0, 0.05) is 5.41 Å². The van der Waals surface area contributed by atoms with Gasteiger partial charge in [0.1, 0.15) is 37.7 Å². The third kappa shape index (κ3) is 327. The summed E-state index contributed by atoms with van der Waals surface area (Å²) in [5.41, 5.74) is -0.542. The van der Waals surface area contributed by atoms with Gasteiger partial charge in [0.05, 0.1) is 6.61 Å². The quantitative estimate of drug-likeness (QED) is 0.758. The lowest BCUT2D eigenvalue weighted by atomic mass is 9.98. The molecule has 0 radical (unpaired) electrons. The molecule has 7 heteroatoms. The number of rotatable bonds is 2. The molecule has 0 fully saturated rings. The van der Waals surface area contributed by atoms with E-state index in [0.717, 1.165) is 37.7 Å². The van der Waals surface area contributed by atoms with Gasteiger partial charge in [-0.3, -0.25) is 0 Å². The Labute approximate surface area is 133 Å². The van der Waals surface area contributed by atoms with Crippen LogP contribution in [0.2, 0.25) is 0 Å². The third-order valence-corrected chi connectivity index (χ3v) is 0.727. The first-order chi connectivity index (χ1) is 10.2. The highest BCUT2D eigenvalue weighted by atomic mass is 16.3. The predicted molar refractivity (Wildman–Crippen MR) is 85.6 cm³/mol. The van der Waals surface area contributed by atoms with E-state index in [1.807, 2.05) is 0 Å². The zero-order valence-corrected chi connectivity index (χ0v) is 14.6. The fourth-order valence-corrected chi connectivity index (χ4v) is 0.0373. The molecule has 0 unspecified atom stereocenters. The summed E-state index contributed by atoms with van der Waals surface area (Å²) in [6, 6.07) is 0. The zero-order chi connectivity index (χ0) is 19.4. The minimum absolute atomic E-state index is 0.0729. The topological polar surface area (TPSA) is 123 Å². The average molecular weight is 322 g/mol. The van der Waals surface area contributed by atoms with Gasteiger partial charge in [-0.2, -0.15) is 0 Å². The summed E-state index contributed by atoms with van der Waals surface area (Å²) in [4.78, 5) is 53.9. The Balaban J connectivity index is -0.0000000371. The Morgan fingerprint density at radius 3 is 0.773 bits per heavy atom. The molecular formula is C15H30O7. The van der Waals surface area contributed by atoms with Crippen LogP contribution in [0.4, 0.5) is 0 Å². The summed E-state index contributed by atoms with van der Waals surface area (Å²) in [6.45, 7) is 10.5. The van der Waals surface area contributed by atoms with Crippen molar-refractivity contribution in [1.29, 1.82) is 0 Å². The third-order valence-electron chi connectivity index (χ3n) is 0.727. The Bertz CT molecular complexity index is 201. The highest BCUT2D eigenvalue weighted by Gasteiger charge is 2.12. The molecule has 0 aliphatic rings. The SMILES string of the molecule is CC(C)(C=O)CO.CC=O.CC=O.CC=O.CC=O.CC=O. The van der Waals surface area contributed by atoms with Crippen molar-refractivity contribution < 1.29 is 33.9 Å². The van der Waals surface area contributed by atoms with Gasteiger partial charge in [0.15, 0.2) is 0 Å². The minimum atomic E-state index is -0.542. The lowest BCUT2D eigenvalue weighted by Gasteiger charge is -2.09. The van der Waals surface area contributed by atoms with Gasteiger partial charge >= 0.3 is 0 Å². The van der Waals surface area contributed by atoms with Crippen LogP contribution in [0.3, 0.4) is 0 Å². The second-order valence-corrected chi connectivity index (χ2v) is 3.44. The predicted octanol–water partition coefficient (Wildman–Crippen LogP) is 1.23. The number of aldehydes is 6. The van der Waals surface area contributed by atoms with Gasteiger partial charge in [-0.1, -0.05) is 13.8 Å². The molecule has 0 atom stereocenters. The molecule has 0 rings (SSSR count). The van der Waals surface area contributed by atoms with Crippen LogP contribution in [0.5, 0.6) is 0 Å². The molecular weight excluding hydrogens is 292 g/mol. The molecule has 0 aliphatic carbocycles. The second-order valence-electron chi connectivity index (χ2n) is 3.44. The maximum atomic E-state index is 9.90. The van der Waals surface area contributed by atoms with Gasteiger partial charge in [0.25, 0.3) is 0 Å². The first kappa shape index (κ1) is 36.8. The highest BCUT2D eigenvalue weighted by molar-refractivity contribution is 5.57. The maximum Gasteiger partial charge on any atom is 0.127 e. The molecule has 7 nitrogen and oxygen atoms in total. The van der Waals surface area contributed by atoms with E-state index in [4.69, 9.17) is 29.1 Å². The van der Waals surface area contributed by atoms with E-state index < -0.39 is 5.41 Å². The zero-order valence-electron chi connectivity index (χ0n) is 14.6. The average Bonchev–Trinajstić information content (AvgIpc) is 2.43. The van der Waals surface area contributed by atoms with Crippen LogP contribution in [0.1, 0.15) is 48.5 Å². The van der Waals surface area contributed by atoms with Crippen LogP contribution >= 0.6 is 0 Å².